The molecule has 2 aliphatic rings. The van der Waals surface area contributed by atoms with E-state index >= 15 is 0 Å². The topological polar surface area (TPSA) is 78.7 Å². The Kier molecular flexibility index (Phi) is 4.97. The van der Waals surface area contributed by atoms with E-state index in [4.69, 9.17) is 0 Å². The van der Waals surface area contributed by atoms with Crippen molar-refractivity contribution in [3.63, 3.8) is 0 Å². The zero-order chi connectivity index (χ0) is 22.4. The maximum atomic E-state index is 14.2. The molecule has 3 heterocycles. The average Bonchev–Trinajstić information content (AvgIpc) is 2.78. The first kappa shape index (κ1) is 20.3. The maximum Gasteiger partial charge on any atom is 0.290 e. The molecule has 7 nitrogen and oxygen atoms in total. The number of carbonyl (C=O) groups excluding carboxylic acids is 1. The molecule has 1 atom stereocenters. The van der Waals surface area contributed by atoms with Gasteiger partial charge in [-0.2, -0.15) is 10.1 Å². The quantitative estimate of drug-likeness (QED) is 0.680. The van der Waals surface area contributed by atoms with Crippen molar-refractivity contribution in [1.82, 2.24) is 19.8 Å². The van der Waals surface area contributed by atoms with E-state index < -0.39 is 40.8 Å². The monoisotopic (exact) mass is 438 g/mol. The van der Waals surface area contributed by atoms with Crippen molar-refractivity contribution in [2.75, 3.05) is 13.1 Å². The van der Waals surface area contributed by atoms with Gasteiger partial charge in [0, 0.05) is 19.0 Å². The molecular weight excluding hydrogens is 418 g/mol. The van der Waals surface area contributed by atoms with Gasteiger partial charge in [0.1, 0.15) is 17.8 Å². The molecule has 0 saturated carbocycles. The summed E-state index contributed by atoms with van der Waals surface area (Å²) in [5.41, 5.74) is 0.109. The second-order valence-electron chi connectivity index (χ2n) is 7.95. The lowest BCUT2D eigenvalue weighted by Crippen LogP contribution is -2.59. The van der Waals surface area contributed by atoms with E-state index in [0.29, 0.717) is 24.2 Å². The highest BCUT2D eigenvalue weighted by atomic mass is 19.1. The van der Waals surface area contributed by atoms with Crippen LogP contribution in [-0.4, -0.2) is 43.9 Å². The number of hydrogen-bond donors (Lipinski definition) is 1. The molecule has 2 aromatic carbocycles. The number of amides is 1. The zero-order valence-corrected chi connectivity index (χ0v) is 17.0. The van der Waals surface area contributed by atoms with Crippen molar-refractivity contribution in [2.24, 2.45) is 0 Å². The molecule has 1 saturated heterocycles. The van der Waals surface area contributed by atoms with Gasteiger partial charge in [-0.25, -0.2) is 13.5 Å². The van der Waals surface area contributed by atoms with Gasteiger partial charge < -0.3 is 5.11 Å². The van der Waals surface area contributed by atoms with Crippen molar-refractivity contribution in [3.05, 3.63) is 93.4 Å². The molecule has 5 rings (SSSR count). The van der Waals surface area contributed by atoms with Crippen LogP contribution >= 0.6 is 0 Å². The predicted molar refractivity (Wildman–Crippen MR) is 111 cm³/mol. The van der Waals surface area contributed by atoms with Crippen LogP contribution in [0.4, 0.5) is 8.78 Å². The number of fused-ring (bicyclic) bond motifs is 2. The second-order valence-corrected chi connectivity index (χ2v) is 7.95. The normalized spacial score (nSPS) is 18.5. The van der Waals surface area contributed by atoms with Gasteiger partial charge in [0.15, 0.2) is 11.4 Å². The molecule has 3 aromatic rings. The minimum absolute atomic E-state index is 0.224. The molecule has 1 amide bonds. The van der Waals surface area contributed by atoms with Gasteiger partial charge in [-0.3, -0.25) is 14.6 Å². The Bertz CT molecular complexity index is 1220. The number of nitrogens with zero attached hydrogens (tertiary/aromatic N) is 4. The molecule has 0 radical (unpaired) electrons. The number of carbonyl (C=O) groups is 1. The summed E-state index contributed by atoms with van der Waals surface area (Å²) in [4.78, 5) is 25.3. The Balaban J connectivity index is 1.79. The largest absolute Gasteiger partial charge is 0.502 e. The van der Waals surface area contributed by atoms with E-state index in [-0.39, 0.29) is 5.69 Å². The lowest BCUT2D eigenvalue weighted by atomic mass is 9.87. The summed E-state index contributed by atoms with van der Waals surface area (Å²) in [7, 11) is 0. The van der Waals surface area contributed by atoms with Gasteiger partial charge in [-0.15, -0.1) is 0 Å². The van der Waals surface area contributed by atoms with Gasteiger partial charge >= 0.3 is 0 Å². The lowest BCUT2D eigenvalue weighted by Gasteiger charge is -2.49. The fraction of sp³-hybridized carbons (Fsp3) is 0.261. The Morgan fingerprint density at radius 1 is 0.969 bits per heavy atom. The van der Waals surface area contributed by atoms with Gasteiger partial charge in [0.25, 0.3) is 5.91 Å². The van der Waals surface area contributed by atoms with Crippen LogP contribution in [0.15, 0.2) is 59.5 Å². The molecule has 9 heteroatoms. The summed E-state index contributed by atoms with van der Waals surface area (Å²) in [5.74, 6) is -2.77. The van der Waals surface area contributed by atoms with Crippen LogP contribution in [0.3, 0.4) is 0 Å². The van der Waals surface area contributed by atoms with Crippen molar-refractivity contribution in [1.29, 1.82) is 0 Å². The van der Waals surface area contributed by atoms with Crippen LogP contribution < -0.4 is 5.43 Å². The van der Waals surface area contributed by atoms with Crippen LogP contribution in [0.25, 0.3) is 0 Å². The predicted octanol–water partition coefficient (Wildman–Crippen LogP) is 3.02. The maximum absolute atomic E-state index is 14.2. The molecule has 0 aliphatic carbocycles. The number of aromatic nitrogens is 2. The third-order valence-corrected chi connectivity index (χ3v) is 6.01. The SMILES string of the molecule is O=C1c2c(O)c(=O)cnn2[C@@H](C(c2cccc(F)c2)c2cccc(F)c2)N2CCCCN12. The van der Waals surface area contributed by atoms with E-state index in [2.05, 4.69) is 5.10 Å². The third-order valence-electron chi connectivity index (χ3n) is 6.01. The highest BCUT2D eigenvalue weighted by Crippen LogP contribution is 2.43. The standard InChI is InChI=1S/C23H20F2N4O3/c24-16-7-3-5-14(11-16)19(15-6-4-8-17(25)12-15)22-27-9-1-2-10-28(27)23(32)20-21(31)18(30)13-26-29(20)22/h3-8,11-13,19,22,31H,1-2,9-10H2/t22-/m0/s1. The molecule has 0 unspecified atom stereocenters. The van der Waals surface area contributed by atoms with Crippen molar-refractivity contribution >= 4 is 5.91 Å². The van der Waals surface area contributed by atoms with Crippen molar-refractivity contribution < 1.29 is 18.7 Å². The van der Waals surface area contributed by atoms with Gasteiger partial charge in [0.2, 0.25) is 5.43 Å². The first-order valence-electron chi connectivity index (χ1n) is 10.4. The summed E-state index contributed by atoms with van der Waals surface area (Å²) in [5, 5.41) is 18.0. The Labute approximate surface area is 182 Å². The fourth-order valence-corrected chi connectivity index (χ4v) is 4.63. The molecule has 1 aromatic heterocycles. The third kappa shape index (κ3) is 3.25. The van der Waals surface area contributed by atoms with Gasteiger partial charge in [0.05, 0.1) is 6.20 Å². The molecule has 1 N–H and O–H groups in total. The van der Waals surface area contributed by atoms with Crippen molar-refractivity contribution in [2.45, 2.75) is 24.9 Å². The Hall–Kier alpha value is -3.59. The van der Waals surface area contributed by atoms with Crippen molar-refractivity contribution in [3.8, 4) is 5.75 Å². The zero-order valence-electron chi connectivity index (χ0n) is 17.0. The lowest BCUT2D eigenvalue weighted by molar-refractivity contribution is -0.104. The molecule has 1 fully saturated rings. The van der Waals surface area contributed by atoms with Gasteiger partial charge in [-0.1, -0.05) is 24.3 Å². The first-order chi connectivity index (χ1) is 15.5. The Morgan fingerprint density at radius 3 is 2.22 bits per heavy atom. The average molecular weight is 438 g/mol. The molecule has 0 bridgehead atoms. The number of halogens is 2. The minimum Gasteiger partial charge on any atom is -0.502 e. The second kappa shape index (κ2) is 7.83. The highest BCUT2D eigenvalue weighted by Gasteiger charge is 2.45. The summed E-state index contributed by atoms with van der Waals surface area (Å²) in [6, 6.07) is 11.9. The Morgan fingerprint density at radius 2 is 1.59 bits per heavy atom. The van der Waals surface area contributed by atoms with E-state index in [1.165, 1.54) is 34.0 Å². The van der Waals surface area contributed by atoms with Crippen LogP contribution in [0.2, 0.25) is 0 Å². The summed E-state index contributed by atoms with van der Waals surface area (Å²) >= 11 is 0. The number of rotatable bonds is 3. The van der Waals surface area contributed by atoms with E-state index in [9.17, 15) is 23.5 Å². The number of benzene rings is 2. The van der Waals surface area contributed by atoms with Crippen LogP contribution in [-0.2, 0) is 0 Å². The van der Waals surface area contributed by atoms with Crippen LogP contribution in [0.1, 0.15) is 46.5 Å². The van der Waals surface area contributed by atoms with Crippen LogP contribution in [0, 0.1) is 11.6 Å². The van der Waals surface area contributed by atoms with E-state index in [0.717, 1.165) is 19.0 Å². The summed E-state index contributed by atoms with van der Waals surface area (Å²) in [6.45, 7) is 0.905. The minimum atomic E-state index is -0.762. The highest BCUT2D eigenvalue weighted by molar-refractivity contribution is 5.95. The molecule has 164 valence electrons. The number of hydrogen-bond acceptors (Lipinski definition) is 5. The van der Waals surface area contributed by atoms with Crippen LogP contribution in [0.5, 0.6) is 5.75 Å². The summed E-state index contributed by atoms with van der Waals surface area (Å²) < 4.78 is 29.8. The van der Waals surface area contributed by atoms with E-state index in [1.807, 2.05) is 5.01 Å². The molecule has 32 heavy (non-hydrogen) atoms. The number of hydrazine groups is 1. The molecular formula is C23H20F2N4O3. The summed E-state index contributed by atoms with van der Waals surface area (Å²) in [6.07, 6.45) is 1.77. The smallest absolute Gasteiger partial charge is 0.290 e. The molecule has 2 aliphatic heterocycles. The van der Waals surface area contributed by atoms with Gasteiger partial charge in [-0.05, 0) is 48.2 Å². The number of aromatic hydroxyl groups is 1. The van der Waals surface area contributed by atoms with E-state index in [1.54, 1.807) is 24.3 Å². The first-order valence-corrected chi connectivity index (χ1v) is 10.4. The fourth-order valence-electron chi connectivity index (χ4n) is 4.63. The molecule has 0 spiro atoms.